The van der Waals surface area contributed by atoms with Crippen LogP contribution in [0, 0.1) is 17.0 Å². The number of hydrogen-bond donors (Lipinski definition) is 1. The van der Waals surface area contributed by atoms with Crippen LogP contribution in [0.5, 0.6) is 5.75 Å². The molecular weight excluding hydrogens is 310 g/mol. The van der Waals surface area contributed by atoms with Crippen LogP contribution in [0.1, 0.15) is 30.9 Å². The summed E-state index contributed by atoms with van der Waals surface area (Å²) in [6, 6.07) is 8.73. The molecule has 2 aromatic rings. The molecule has 0 bridgehead atoms. The number of carbonyl (C=O) groups excluding carboxylic acids is 1. The summed E-state index contributed by atoms with van der Waals surface area (Å²) in [7, 11) is 0. The van der Waals surface area contributed by atoms with Gasteiger partial charge in [0.25, 0.3) is 5.91 Å². The minimum Gasteiger partial charge on any atom is -0.476 e. The number of ether oxygens (including phenoxy) is 1. The van der Waals surface area contributed by atoms with Gasteiger partial charge in [-0.25, -0.2) is 0 Å². The second-order valence-corrected chi connectivity index (χ2v) is 5.61. The Kier molecular flexibility index (Phi) is 5.47. The maximum absolute atomic E-state index is 12.2. The average Bonchev–Trinajstić information content (AvgIpc) is 2.54. The van der Waals surface area contributed by atoms with Crippen molar-refractivity contribution in [2.75, 3.05) is 11.9 Å². The van der Waals surface area contributed by atoms with E-state index in [0.717, 1.165) is 16.8 Å². The summed E-state index contributed by atoms with van der Waals surface area (Å²) in [5.41, 5.74) is 2.72. The normalized spacial score (nSPS) is 10.5. The quantitative estimate of drug-likeness (QED) is 0.647. The molecule has 24 heavy (non-hydrogen) atoms. The Morgan fingerprint density at radius 1 is 1.33 bits per heavy atom. The Balaban J connectivity index is 2.09. The molecule has 0 aliphatic rings. The number of pyridine rings is 1. The highest BCUT2D eigenvalue weighted by atomic mass is 16.6. The van der Waals surface area contributed by atoms with Crippen molar-refractivity contribution in [3.05, 3.63) is 57.8 Å². The number of para-hydroxylation sites is 1. The number of aryl methyl sites for hydroxylation is 1. The van der Waals surface area contributed by atoms with Crippen molar-refractivity contribution in [2.24, 2.45) is 0 Å². The van der Waals surface area contributed by atoms with E-state index in [1.807, 2.05) is 39.0 Å². The van der Waals surface area contributed by atoms with Crippen molar-refractivity contribution in [2.45, 2.75) is 26.7 Å². The van der Waals surface area contributed by atoms with Gasteiger partial charge in [-0.05, 0) is 46.0 Å². The maximum Gasteiger partial charge on any atom is 0.406 e. The lowest BCUT2D eigenvalue weighted by Crippen LogP contribution is -2.22. The minimum absolute atomic E-state index is 0.0356. The average molecular weight is 329 g/mol. The van der Waals surface area contributed by atoms with Crippen molar-refractivity contribution < 1.29 is 14.5 Å². The van der Waals surface area contributed by atoms with Crippen LogP contribution in [0.3, 0.4) is 0 Å². The molecule has 0 saturated heterocycles. The Hall–Kier alpha value is -2.96. The van der Waals surface area contributed by atoms with Crippen molar-refractivity contribution in [3.8, 4) is 5.75 Å². The minimum atomic E-state index is -0.647. The van der Waals surface area contributed by atoms with Crippen molar-refractivity contribution in [1.82, 2.24) is 4.98 Å². The highest BCUT2D eigenvalue weighted by Gasteiger charge is 2.17. The van der Waals surface area contributed by atoms with Crippen LogP contribution < -0.4 is 10.1 Å². The lowest BCUT2D eigenvalue weighted by atomic mass is 9.98. The summed E-state index contributed by atoms with van der Waals surface area (Å²) in [6.45, 7) is 5.66. The van der Waals surface area contributed by atoms with Crippen LogP contribution in [-0.4, -0.2) is 22.4 Å². The van der Waals surface area contributed by atoms with Crippen LogP contribution in [0.25, 0.3) is 0 Å². The molecule has 0 aliphatic carbocycles. The monoisotopic (exact) mass is 329 g/mol. The zero-order chi connectivity index (χ0) is 17.7. The number of nitro groups is 1. The van der Waals surface area contributed by atoms with E-state index in [9.17, 15) is 14.9 Å². The van der Waals surface area contributed by atoms with E-state index in [-0.39, 0.29) is 24.2 Å². The maximum atomic E-state index is 12.2. The standard InChI is InChI=1S/C17H19N3O4/c1-11(2)13-7-4-6-12(3)16(13)19-15(21)10-24-14-8-5-9-18-17(14)20(22)23/h4-9,11H,10H2,1-3H3,(H,19,21). The molecule has 1 aromatic heterocycles. The molecule has 7 heteroatoms. The van der Waals surface area contributed by atoms with Crippen molar-refractivity contribution in [3.63, 3.8) is 0 Å². The zero-order valence-electron chi connectivity index (χ0n) is 13.8. The van der Waals surface area contributed by atoms with Gasteiger partial charge in [0.1, 0.15) is 6.20 Å². The zero-order valence-corrected chi connectivity index (χ0v) is 13.8. The predicted molar refractivity (Wildman–Crippen MR) is 90.3 cm³/mol. The van der Waals surface area contributed by atoms with Gasteiger partial charge >= 0.3 is 5.82 Å². The fraction of sp³-hybridized carbons (Fsp3) is 0.294. The van der Waals surface area contributed by atoms with E-state index in [4.69, 9.17) is 4.74 Å². The number of carbonyl (C=O) groups is 1. The molecule has 0 saturated carbocycles. The number of aromatic nitrogens is 1. The molecule has 0 fully saturated rings. The van der Waals surface area contributed by atoms with E-state index < -0.39 is 10.7 Å². The molecule has 1 aromatic carbocycles. The molecule has 0 aliphatic heterocycles. The Bertz CT molecular complexity index is 759. The molecule has 0 atom stereocenters. The van der Waals surface area contributed by atoms with Crippen LogP contribution in [-0.2, 0) is 4.79 Å². The summed E-state index contributed by atoms with van der Waals surface area (Å²) < 4.78 is 5.26. The second kappa shape index (κ2) is 7.54. The van der Waals surface area contributed by atoms with Crippen LogP contribution in [0.15, 0.2) is 36.5 Å². The van der Waals surface area contributed by atoms with Gasteiger partial charge in [-0.1, -0.05) is 32.0 Å². The highest BCUT2D eigenvalue weighted by molar-refractivity contribution is 5.93. The molecule has 1 heterocycles. The van der Waals surface area contributed by atoms with E-state index in [2.05, 4.69) is 10.3 Å². The largest absolute Gasteiger partial charge is 0.476 e. The Morgan fingerprint density at radius 3 is 2.75 bits per heavy atom. The molecule has 0 radical (unpaired) electrons. The molecule has 126 valence electrons. The molecule has 1 amide bonds. The van der Waals surface area contributed by atoms with Gasteiger partial charge in [0.15, 0.2) is 6.61 Å². The third-order valence-electron chi connectivity index (χ3n) is 3.47. The molecule has 7 nitrogen and oxygen atoms in total. The summed E-state index contributed by atoms with van der Waals surface area (Å²) in [5, 5.41) is 13.7. The van der Waals surface area contributed by atoms with E-state index in [1.165, 1.54) is 18.3 Å². The van der Waals surface area contributed by atoms with E-state index in [0.29, 0.717) is 0 Å². The van der Waals surface area contributed by atoms with Gasteiger partial charge in [-0.3, -0.25) is 4.79 Å². The van der Waals surface area contributed by atoms with Gasteiger partial charge < -0.3 is 20.2 Å². The van der Waals surface area contributed by atoms with E-state index >= 15 is 0 Å². The Morgan fingerprint density at radius 2 is 2.08 bits per heavy atom. The third kappa shape index (κ3) is 4.07. The number of nitrogens with zero attached hydrogens (tertiary/aromatic N) is 2. The lowest BCUT2D eigenvalue weighted by Gasteiger charge is -2.16. The second-order valence-electron chi connectivity index (χ2n) is 5.61. The van der Waals surface area contributed by atoms with Gasteiger partial charge in [-0.2, -0.15) is 0 Å². The number of nitrogens with one attached hydrogen (secondary N) is 1. The highest BCUT2D eigenvalue weighted by Crippen LogP contribution is 2.27. The van der Waals surface area contributed by atoms with Crippen LogP contribution >= 0.6 is 0 Å². The predicted octanol–water partition coefficient (Wildman–Crippen LogP) is 3.44. The van der Waals surface area contributed by atoms with Crippen molar-refractivity contribution in [1.29, 1.82) is 0 Å². The third-order valence-corrected chi connectivity index (χ3v) is 3.47. The fourth-order valence-electron chi connectivity index (χ4n) is 2.29. The molecule has 1 N–H and O–H groups in total. The summed E-state index contributed by atoms with van der Waals surface area (Å²) in [6.07, 6.45) is 1.30. The van der Waals surface area contributed by atoms with Crippen molar-refractivity contribution >= 4 is 17.4 Å². The number of benzene rings is 1. The summed E-state index contributed by atoms with van der Waals surface area (Å²) >= 11 is 0. The lowest BCUT2D eigenvalue weighted by molar-refractivity contribution is -0.390. The first-order chi connectivity index (χ1) is 11.4. The molecule has 2 rings (SSSR count). The first-order valence-corrected chi connectivity index (χ1v) is 7.51. The van der Waals surface area contributed by atoms with Gasteiger partial charge in [-0.15, -0.1) is 0 Å². The number of anilines is 1. The topological polar surface area (TPSA) is 94.4 Å². The van der Waals surface area contributed by atoms with Gasteiger partial charge in [0.2, 0.25) is 5.75 Å². The Labute approximate surface area is 139 Å². The first kappa shape index (κ1) is 17.4. The molecule has 0 spiro atoms. The smallest absolute Gasteiger partial charge is 0.406 e. The molecule has 0 unspecified atom stereocenters. The summed E-state index contributed by atoms with van der Waals surface area (Å²) in [5.74, 6) is -0.583. The van der Waals surface area contributed by atoms with E-state index in [1.54, 1.807) is 0 Å². The number of hydrogen-bond acceptors (Lipinski definition) is 5. The number of amides is 1. The van der Waals surface area contributed by atoms with Crippen LogP contribution in [0.2, 0.25) is 0 Å². The van der Waals surface area contributed by atoms with Gasteiger partial charge in [0.05, 0.1) is 0 Å². The summed E-state index contributed by atoms with van der Waals surface area (Å²) in [4.78, 5) is 26.0. The fourth-order valence-corrected chi connectivity index (χ4v) is 2.29. The SMILES string of the molecule is Cc1cccc(C(C)C)c1NC(=O)COc1cccnc1[N+](=O)[O-]. The van der Waals surface area contributed by atoms with Gasteiger partial charge in [0, 0.05) is 5.69 Å². The van der Waals surface area contributed by atoms with Crippen LogP contribution in [0.4, 0.5) is 11.5 Å². The first-order valence-electron chi connectivity index (χ1n) is 7.51. The number of rotatable bonds is 6. The molecular formula is C17H19N3O4.